The minimum absolute atomic E-state index is 0.519. The van der Waals surface area contributed by atoms with Crippen molar-refractivity contribution in [2.75, 3.05) is 13.7 Å². The lowest BCUT2D eigenvalue weighted by Gasteiger charge is -2.05. The van der Waals surface area contributed by atoms with Gasteiger partial charge in [0, 0.05) is 5.56 Å². The zero-order chi connectivity index (χ0) is 9.52. The first kappa shape index (κ1) is 9.58. The zero-order valence-corrected chi connectivity index (χ0v) is 7.86. The quantitative estimate of drug-likeness (QED) is 0.404. The van der Waals surface area contributed by atoms with Gasteiger partial charge in [-0.15, -0.1) is 0 Å². The fraction of sp³-hybridized carbons (Fsp3) is 0.300. The van der Waals surface area contributed by atoms with Crippen molar-refractivity contribution in [1.29, 1.82) is 0 Å². The largest absolute Gasteiger partial charge is 0.475 e. The van der Waals surface area contributed by atoms with Gasteiger partial charge in [-0.05, 0) is 24.2 Å². The second kappa shape index (κ2) is 5.19. The van der Waals surface area contributed by atoms with E-state index in [0.717, 1.165) is 5.56 Å². The molecule has 1 aromatic carbocycles. The summed E-state index contributed by atoms with van der Waals surface area (Å²) in [5, 5.41) is 3.78. The number of oxime groups is 1. The molecule has 0 spiro atoms. The second-order valence-electron chi connectivity index (χ2n) is 2.38. The molecule has 3 nitrogen and oxygen atoms in total. The summed E-state index contributed by atoms with van der Waals surface area (Å²) in [5.41, 5.74) is 0.922. The van der Waals surface area contributed by atoms with Crippen molar-refractivity contribution in [3.8, 4) is 0 Å². The van der Waals surface area contributed by atoms with Crippen molar-refractivity contribution in [3.63, 3.8) is 0 Å². The second-order valence-corrected chi connectivity index (χ2v) is 2.38. The molecule has 0 amide bonds. The van der Waals surface area contributed by atoms with Gasteiger partial charge in [0.25, 0.3) is 5.90 Å². The molecule has 0 heterocycles. The summed E-state index contributed by atoms with van der Waals surface area (Å²) >= 11 is 0. The van der Waals surface area contributed by atoms with Gasteiger partial charge in [0.05, 0.1) is 6.61 Å². The Hall–Kier alpha value is -1.51. The Morgan fingerprint density at radius 2 is 2.00 bits per heavy atom. The van der Waals surface area contributed by atoms with E-state index >= 15 is 0 Å². The molecule has 0 aromatic heterocycles. The van der Waals surface area contributed by atoms with Crippen molar-refractivity contribution in [1.82, 2.24) is 0 Å². The molecule has 0 N–H and O–H groups in total. The average Bonchev–Trinajstić information content (AvgIpc) is 2.19. The third-order valence-electron chi connectivity index (χ3n) is 1.48. The van der Waals surface area contributed by atoms with Gasteiger partial charge in [-0.3, -0.25) is 0 Å². The first-order valence-electron chi connectivity index (χ1n) is 4.18. The Kier molecular flexibility index (Phi) is 3.82. The van der Waals surface area contributed by atoms with E-state index in [9.17, 15) is 0 Å². The van der Waals surface area contributed by atoms with Crippen LogP contribution >= 0.6 is 0 Å². The molecule has 1 rings (SSSR count). The number of benzene rings is 1. The van der Waals surface area contributed by atoms with E-state index < -0.39 is 0 Å². The first-order valence-corrected chi connectivity index (χ1v) is 4.18. The molecule has 3 heteroatoms. The summed E-state index contributed by atoms with van der Waals surface area (Å²) in [7, 11) is 1.50. The van der Waals surface area contributed by atoms with Crippen LogP contribution in [-0.4, -0.2) is 19.6 Å². The number of hydrogen-bond acceptors (Lipinski definition) is 3. The van der Waals surface area contributed by atoms with E-state index in [1.165, 1.54) is 7.11 Å². The minimum atomic E-state index is 0.519. The summed E-state index contributed by atoms with van der Waals surface area (Å²) in [6.07, 6.45) is 0. The predicted octanol–water partition coefficient (Wildman–Crippen LogP) is 2.03. The molecule has 1 aromatic rings. The van der Waals surface area contributed by atoms with Gasteiger partial charge in [0.2, 0.25) is 0 Å². The van der Waals surface area contributed by atoms with Gasteiger partial charge in [-0.1, -0.05) is 18.2 Å². The number of hydrogen-bond donors (Lipinski definition) is 0. The van der Waals surface area contributed by atoms with Crippen LogP contribution in [0, 0.1) is 0 Å². The maximum atomic E-state index is 5.29. The van der Waals surface area contributed by atoms with Crippen molar-refractivity contribution in [2.24, 2.45) is 5.16 Å². The Bertz CT molecular complexity index is 270. The third kappa shape index (κ3) is 2.78. The van der Waals surface area contributed by atoms with Crippen LogP contribution < -0.4 is 0 Å². The predicted molar refractivity (Wildman–Crippen MR) is 51.6 cm³/mol. The lowest BCUT2D eigenvalue weighted by molar-refractivity contribution is 0.194. The monoisotopic (exact) mass is 179 g/mol. The van der Waals surface area contributed by atoms with Crippen molar-refractivity contribution in [2.45, 2.75) is 6.92 Å². The van der Waals surface area contributed by atoms with Gasteiger partial charge >= 0.3 is 0 Å². The number of nitrogens with zero attached hydrogens (tertiary/aromatic N) is 1. The van der Waals surface area contributed by atoms with Crippen LogP contribution in [0.15, 0.2) is 35.5 Å². The molecular formula is C10H13NO2. The lowest BCUT2D eigenvalue weighted by Crippen LogP contribution is -2.06. The third-order valence-corrected chi connectivity index (χ3v) is 1.48. The zero-order valence-electron chi connectivity index (χ0n) is 7.86. The Morgan fingerprint density at radius 1 is 1.31 bits per heavy atom. The van der Waals surface area contributed by atoms with Gasteiger partial charge in [-0.2, -0.15) is 0 Å². The topological polar surface area (TPSA) is 30.8 Å². The molecule has 13 heavy (non-hydrogen) atoms. The van der Waals surface area contributed by atoms with Crippen LogP contribution in [-0.2, 0) is 9.57 Å². The molecule has 0 saturated heterocycles. The molecule has 0 saturated carbocycles. The SMILES string of the molecule is CCO/C(=N/OC)c1ccccc1. The average molecular weight is 179 g/mol. The van der Waals surface area contributed by atoms with Crippen LogP contribution in [0.5, 0.6) is 0 Å². The molecule has 0 bridgehead atoms. The van der Waals surface area contributed by atoms with Crippen LogP contribution in [0.25, 0.3) is 0 Å². The van der Waals surface area contributed by atoms with Crippen LogP contribution in [0.1, 0.15) is 12.5 Å². The van der Waals surface area contributed by atoms with E-state index in [2.05, 4.69) is 9.99 Å². The highest BCUT2D eigenvalue weighted by Gasteiger charge is 2.02. The van der Waals surface area contributed by atoms with Gasteiger partial charge < -0.3 is 9.57 Å². The van der Waals surface area contributed by atoms with Crippen LogP contribution in [0.4, 0.5) is 0 Å². The Labute approximate surface area is 78.0 Å². The van der Waals surface area contributed by atoms with Gasteiger partial charge in [0.1, 0.15) is 7.11 Å². The van der Waals surface area contributed by atoms with Gasteiger partial charge in [0.15, 0.2) is 0 Å². The summed E-state index contributed by atoms with van der Waals surface area (Å²) in [6, 6.07) is 9.65. The van der Waals surface area contributed by atoms with Crippen molar-refractivity contribution in [3.05, 3.63) is 35.9 Å². The summed E-state index contributed by atoms with van der Waals surface area (Å²) in [5.74, 6) is 0.519. The first-order chi connectivity index (χ1) is 6.38. The minimum Gasteiger partial charge on any atom is -0.475 e. The summed E-state index contributed by atoms with van der Waals surface area (Å²) in [4.78, 5) is 4.67. The van der Waals surface area contributed by atoms with E-state index in [1.807, 2.05) is 37.3 Å². The Morgan fingerprint density at radius 3 is 2.54 bits per heavy atom. The highest BCUT2D eigenvalue weighted by atomic mass is 16.6. The fourth-order valence-electron chi connectivity index (χ4n) is 0.963. The molecule has 0 aliphatic rings. The molecule has 0 unspecified atom stereocenters. The van der Waals surface area contributed by atoms with Crippen LogP contribution in [0.2, 0.25) is 0 Å². The number of ether oxygens (including phenoxy) is 1. The van der Waals surface area contributed by atoms with E-state index in [0.29, 0.717) is 12.5 Å². The van der Waals surface area contributed by atoms with Crippen LogP contribution in [0.3, 0.4) is 0 Å². The highest BCUT2D eigenvalue weighted by molar-refractivity contribution is 5.93. The molecular weight excluding hydrogens is 166 g/mol. The fourth-order valence-corrected chi connectivity index (χ4v) is 0.963. The maximum absolute atomic E-state index is 5.29. The number of rotatable bonds is 3. The standard InChI is InChI=1S/C10H13NO2/c1-3-13-10(11-12-2)9-7-5-4-6-8-9/h4-8H,3H2,1-2H3/b11-10+. The highest BCUT2D eigenvalue weighted by Crippen LogP contribution is 2.02. The normalized spacial score (nSPS) is 11.1. The molecule has 0 fully saturated rings. The van der Waals surface area contributed by atoms with Crippen molar-refractivity contribution >= 4 is 5.90 Å². The summed E-state index contributed by atoms with van der Waals surface area (Å²) < 4.78 is 5.29. The molecule has 0 atom stereocenters. The molecule has 0 radical (unpaired) electrons. The molecule has 0 aliphatic heterocycles. The Balaban J connectivity index is 2.83. The lowest BCUT2D eigenvalue weighted by atomic mass is 10.2. The smallest absolute Gasteiger partial charge is 0.257 e. The summed E-state index contributed by atoms with van der Waals surface area (Å²) in [6.45, 7) is 2.49. The van der Waals surface area contributed by atoms with Crippen molar-refractivity contribution < 1.29 is 9.57 Å². The molecule has 0 aliphatic carbocycles. The van der Waals surface area contributed by atoms with E-state index in [-0.39, 0.29) is 0 Å². The van der Waals surface area contributed by atoms with E-state index in [4.69, 9.17) is 4.74 Å². The maximum Gasteiger partial charge on any atom is 0.257 e. The van der Waals surface area contributed by atoms with Gasteiger partial charge in [-0.25, -0.2) is 0 Å². The molecule has 70 valence electrons. The van der Waals surface area contributed by atoms with E-state index in [1.54, 1.807) is 0 Å².